The highest BCUT2D eigenvalue weighted by Gasteiger charge is 2.18. The monoisotopic (exact) mass is 325 g/mol. The Morgan fingerprint density at radius 1 is 1.00 bits per heavy atom. The quantitative estimate of drug-likeness (QED) is 0.541. The number of nitrogens with zero attached hydrogens (tertiary/aromatic N) is 1. The second-order valence-corrected chi connectivity index (χ2v) is 5.46. The van der Waals surface area contributed by atoms with Crippen LogP contribution in [0, 0.1) is 17.0 Å². The second-order valence-electron chi connectivity index (χ2n) is 5.46. The van der Waals surface area contributed by atoms with Crippen molar-refractivity contribution in [1.29, 1.82) is 5.41 Å². The maximum atomic E-state index is 14.1. The number of halogens is 2. The number of rotatable bonds is 3. The molecule has 0 radical (unpaired) electrons. The molecule has 0 unspecified atom stereocenters. The molecule has 122 valence electrons. The molecule has 0 spiro atoms. The molecule has 3 rings (SSSR count). The van der Waals surface area contributed by atoms with E-state index in [2.05, 4.69) is 0 Å². The van der Waals surface area contributed by atoms with E-state index in [0.717, 1.165) is 0 Å². The smallest absolute Gasteiger partial charge is 0.197 e. The average Bonchev–Trinajstić information content (AvgIpc) is 2.58. The maximum Gasteiger partial charge on any atom is 0.197 e. The first-order valence-corrected chi connectivity index (χ1v) is 7.62. The number of guanidine groups is 1. The normalized spacial score (nSPS) is 10.8. The van der Waals surface area contributed by atoms with Crippen LogP contribution in [0.1, 0.15) is 12.5 Å². The molecule has 3 N–H and O–H groups in total. The van der Waals surface area contributed by atoms with Crippen molar-refractivity contribution in [3.05, 3.63) is 71.8 Å². The van der Waals surface area contributed by atoms with Gasteiger partial charge in [-0.3, -0.25) is 10.3 Å². The third kappa shape index (κ3) is 2.69. The van der Waals surface area contributed by atoms with Crippen LogP contribution < -0.4 is 10.6 Å². The van der Waals surface area contributed by atoms with Gasteiger partial charge in [0.25, 0.3) is 0 Å². The minimum atomic E-state index is -0.341. The minimum absolute atomic E-state index is 0.222. The van der Waals surface area contributed by atoms with Crippen molar-refractivity contribution >= 4 is 28.1 Å². The van der Waals surface area contributed by atoms with Gasteiger partial charge in [-0.2, -0.15) is 0 Å². The van der Waals surface area contributed by atoms with E-state index in [1.165, 1.54) is 17.0 Å². The van der Waals surface area contributed by atoms with Crippen LogP contribution in [0.2, 0.25) is 0 Å². The summed E-state index contributed by atoms with van der Waals surface area (Å²) in [5.74, 6) is -0.861. The molecule has 5 heteroatoms. The molecular weight excluding hydrogens is 308 g/mol. The van der Waals surface area contributed by atoms with E-state index in [9.17, 15) is 8.78 Å². The number of hydrogen-bond acceptors (Lipinski definition) is 1. The van der Waals surface area contributed by atoms with Crippen molar-refractivity contribution in [2.45, 2.75) is 13.3 Å². The molecule has 0 aliphatic rings. The molecule has 3 aromatic carbocycles. The fraction of sp³-hybridized carbons (Fsp3) is 0.105. The molecule has 0 atom stereocenters. The van der Waals surface area contributed by atoms with Crippen molar-refractivity contribution in [2.75, 3.05) is 4.90 Å². The molecular formula is C19H17F2N3. The molecule has 0 heterocycles. The lowest BCUT2D eigenvalue weighted by Crippen LogP contribution is -2.32. The van der Waals surface area contributed by atoms with Gasteiger partial charge in [-0.25, -0.2) is 8.78 Å². The Bertz CT molecular complexity index is 922. The van der Waals surface area contributed by atoms with Gasteiger partial charge in [0.2, 0.25) is 0 Å². The number of aryl methyl sites for hydroxylation is 1. The van der Waals surface area contributed by atoms with Crippen molar-refractivity contribution in [3.8, 4) is 0 Å². The summed E-state index contributed by atoms with van der Waals surface area (Å²) in [6.45, 7) is 1.85. The Balaban J connectivity index is 2.24. The summed E-state index contributed by atoms with van der Waals surface area (Å²) in [7, 11) is 0. The molecule has 0 aliphatic heterocycles. The van der Waals surface area contributed by atoms with Gasteiger partial charge in [0.1, 0.15) is 11.6 Å². The number of benzene rings is 3. The summed E-state index contributed by atoms with van der Waals surface area (Å²) < 4.78 is 27.8. The standard InChI is InChI=1S/C19H17F2N3/c1-2-12-11-13(7-8-16(12)20)24(19(22)23)18-10-9-17(21)14-5-3-4-6-15(14)18/h3-11H,2H2,1H3,(H3,22,23). The maximum absolute atomic E-state index is 14.1. The van der Waals surface area contributed by atoms with E-state index in [1.807, 2.05) is 6.92 Å². The van der Waals surface area contributed by atoms with Crippen LogP contribution in [-0.4, -0.2) is 5.96 Å². The molecule has 0 aliphatic carbocycles. The number of anilines is 2. The van der Waals surface area contributed by atoms with Crippen LogP contribution in [0.15, 0.2) is 54.6 Å². The lowest BCUT2D eigenvalue weighted by atomic mass is 10.1. The van der Waals surface area contributed by atoms with E-state index in [1.54, 1.807) is 42.5 Å². The molecule has 24 heavy (non-hydrogen) atoms. The Morgan fingerprint density at radius 3 is 2.33 bits per heavy atom. The largest absolute Gasteiger partial charge is 0.369 e. The van der Waals surface area contributed by atoms with Crippen molar-refractivity contribution in [2.24, 2.45) is 5.73 Å². The topological polar surface area (TPSA) is 53.1 Å². The highest BCUT2D eigenvalue weighted by molar-refractivity contribution is 6.08. The molecule has 0 bridgehead atoms. The number of fused-ring (bicyclic) bond motifs is 1. The minimum Gasteiger partial charge on any atom is -0.369 e. The van der Waals surface area contributed by atoms with Gasteiger partial charge < -0.3 is 5.73 Å². The lowest BCUT2D eigenvalue weighted by molar-refractivity contribution is 0.612. The van der Waals surface area contributed by atoms with Crippen LogP contribution in [-0.2, 0) is 6.42 Å². The number of nitrogens with two attached hydrogens (primary N) is 1. The Labute approximate surface area is 138 Å². The van der Waals surface area contributed by atoms with Crippen LogP contribution in [0.5, 0.6) is 0 Å². The zero-order valence-electron chi connectivity index (χ0n) is 13.2. The third-order valence-electron chi connectivity index (χ3n) is 4.00. The summed E-state index contributed by atoms with van der Waals surface area (Å²) in [6.07, 6.45) is 0.523. The van der Waals surface area contributed by atoms with Crippen LogP contribution >= 0.6 is 0 Å². The van der Waals surface area contributed by atoms with Crippen LogP contribution in [0.4, 0.5) is 20.2 Å². The second kappa shape index (κ2) is 6.28. The van der Waals surface area contributed by atoms with E-state index in [-0.39, 0.29) is 17.6 Å². The molecule has 0 saturated carbocycles. The molecule has 0 aromatic heterocycles. The summed E-state index contributed by atoms with van der Waals surface area (Å²) in [6, 6.07) is 14.5. The predicted octanol–water partition coefficient (Wildman–Crippen LogP) is 4.71. The first kappa shape index (κ1) is 15.9. The SMILES string of the molecule is CCc1cc(N(C(=N)N)c2ccc(F)c3ccccc23)ccc1F. The van der Waals surface area contributed by atoms with Gasteiger partial charge in [0.15, 0.2) is 5.96 Å². The molecule has 3 nitrogen and oxygen atoms in total. The summed E-state index contributed by atoms with van der Waals surface area (Å²) in [5.41, 5.74) is 7.46. The van der Waals surface area contributed by atoms with Gasteiger partial charge in [0.05, 0.1) is 5.69 Å². The zero-order valence-corrected chi connectivity index (χ0v) is 13.2. The first-order chi connectivity index (χ1) is 11.5. The summed E-state index contributed by atoms with van der Waals surface area (Å²) >= 11 is 0. The van der Waals surface area contributed by atoms with E-state index in [0.29, 0.717) is 34.1 Å². The Kier molecular flexibility index (Phi) is 4.16. The van der Waals surface area contributed by atoms with Crippen molar-refractivity contribution in [1.82, 2.24) is 0 Å². The lowest BCUT2D eigenvalue weighted by Gasteiger charge is -2.25. The Morgan fingerprint density at radius 2 is 1.67 bits per heavy atom. The summed E-state index contributed by atoms with van der Waals surface area (Å²) in [4.78, 5) is 1.49. The van der Waals surface area contributed by atoms with Gasteiger partial charge in [-0.05, 0) is 42.3 Å². The molecule has 0 amide bonds. The van der Waals surface area contributed by atoms with Gasteiger partial charge in [-0.1, -0.05) is 31.2 Å². The number of nitrogens with one attached hydrogen (secondary N) is 1. The first-order valence-electron chi connectivity index (χ1n) is 7.62. The molecule has 0 fully saturated rings. The van der Waals surface area contributed by atoms with E-state index in [4.69, 9.17) is 11.1 Å². The number of hydrogen-bond donors (Lipinski definition) is 2. The van der Waals surface area contributed by atoms with Gasteiger partial charge >= 0.3 is 0 Å². The Hall–Kier alpha value is -2.95. The fourth-order valence-electron chi connectivity index (χ4n) is 2.82. The van der Waals surface area contributed by atoms with Gasteiger partial charge in [0, 0.05) is 16.5 Å². The highest BCUT2D eigenvalue weighted by atomic mass is 19.1. The predicted molar refractivity (Wildman–Crippen MR) is 93.7 cm³/mol. The van der Waals surface area contributed by atoms with Crippen LogP contribution in [0.25, 0.3) is 10.8 Å². The van der Waals surface area contributed by atoms with E-state index >= 15 is 0 Å². The van der Waals surface area contributed by atoms with Crippen LogP contribution in [0.3, 0.4) is 0 Å². The average molecular weight is 325 g/mol. The van der Waals surface area contributed by atoms with Crippen molar-refractivity contribution < 1.29 is 8.78 Å². The van der Waals surface area contributed by atoms with E-state index < -0.39 is 0 Å². The highest BCUT2D eigenvalue weighted by Crippen LogP contribution is 2.34. The fourth-order valence-corrected chi connectivity index (χ4v) is 2.82. The molecule has 0 saturated heterocycles. The van der Waals surface area contributed by atoms with Gasteiger partial charge in [-0.15, -0.1) is 0 Å². The zero-order chi connectivity index (χ0) is 17.3. The van der Waals surface area contributed by atoms with Crippen molar-refractivity contribution in [3.63, 3.8) is 0 Å². The molecule has 3 aromatic rings. The summed E-state index contributed by atoms with van der Waals surface area (Å²) in [5, 5.41) is 9.03. The third-order valence-corrected chi connectivity index (χ3v) is 4.00.